The van der Waals surface area contributed by atoms with Crippen molar-refractivity contribution < 1.29 is 17.9 Å². The van der Waals surface area contributed by atoms with Crippen LogP contribution in [0.5, 0.6) is 5.75 Å². The van der Waals surface area contributed by atoms with Crippen molar-refractivity contribution >= 4 is 21.7 Å². The van der Waals surface area contributed by atoms with Gasteiger partial charge in [-0.05, 0) is 49.4 Å². The van der Waals surface area contributed by atoms with Gasteiger partial charge in [-0.2, -0.15) is 0 Å². The summed E-state index contributed by atoms with van der Waals surface area (Å²) in [5.41, 5.74) is 0.482. The van der Waals surface area contributed by atoms with Gasteiger partial charge in [-0.1, -0.05) is 19.8 Å². The molecule has 26 heavy (non-hydrogen) atoms. The molecule has 1 aliphatic rings. The zero-order chi connectivity index (χ0) is 19.0. The van der Waals surface area contributed by atoms with Crippen molar-refractivity contribution in [3.8, 4) is 5.75 Å². The van der Waals surface area contributed by atoms with Crippen LogP contribution in [-0.2, 0) is 10.0 Å². The molecule has 0 heterocycles. The molecule has 0 aromatic heterocycles. The number of amides is 2. The molecule has 2 amide bonds. The standard InChI is InChI=1S/C18H29N3O4S/c1-14-4-3-5-15(7-6-14)20-18(22)19-12-13-25-17-10-8-16(9-11-17)21-26(2,23)24/h8-11,14-15,21H,3-7,12-13H2,1-2H3,(H2,19,20,22). The number of carbonyl (C=O) groups is 1. The lowest BCUT2D eigenvalue weighted by Crippen LogP contribution is -2.43. The van der Waals surface area contributed by atoms with Crippen molar-refractivity contribution in [1.29, 1.82) is 0 Å². The average molecular weight is 384 g/mol. The molecular weight excluding hydrogens is 354 g/mol. The summed E-state index contributed by atoms with van der Waals surface area (Å²) in [7, 11) is -3.28. The van der Waals surface area contributed by atoms with E-state index in [0.29, 0.717) is 24.6 Å². The van der Waals surface area contributed by atoms with Crippen LogP contribution in [0.15, 0.2) is 24.3 Å². The molecule has 0 aliphatic heterocycles. The van der Waals surface area contributed by atoms with Gasteiger partial charge in [-0.3, -0.25) is 4.72 Å². The van der Waals surface area contributed by atoms with Crippen LogP contribution in [0.1, 0.15) is 39.0 Å². The van der Waals surface area contributed by atoms with Crippen LogP contribution < -0.4 is 20.1 Å². The van der Waals surface area contributed by atoms with Gasteiger partial charge >= 0.3 is 6.03 Å². The SMILES string of the molecule is CC1CCCC(NC(=O)NCCOc2ccc(NS(C)(=O)=O)cc2)CC1. The van der Waals surface area contributed by atoms with Crippen molar-refractivity contribution in [1.82, 2.24) is 10.6 Å². The number of carbonyl (C=O) groups excluding carboxylic acids is 1. The molecule has 1 fully saturated rings. The maximum absolute atomic E-state index is 12.0. The Morgan fingerprint density at radius 1 is 1.15 bits per heavy atom. The molecule has 0 radical (unpaired) electrons. The Bertz CT molecular complexity index is 676. The first-order valence-corrected chi connectivity index (χ1v) is 11.0. The molecule has 1 aliphatic carbocycles. The molecular formula is C18H29N3O4S. The van der Waals surface area contributed by atoms with E-state index in [0.717, 1.165) is 31.4 Å². The lowest BCUT2D eigenvalue weighted by molar-refractivity contribution is 0.231. The second-order valence-corrected chi connectivity index (χ2v) is 8.71. The van der Waals surface area contributed by atoms with Crippen LogP contribution in [0.25, 0.3) is 0 Å². The third-order valence-corrected chi connectivity index (χ3v) is 5.01. The minimum atomic E-state index is -3.28. The van der Waals surface area contributed by atoms with Crippen LogP contribution in [0.3, 0.4) is 0 Å². The van der Waals surface area contributed by atoms with Crippen LogP contribution in [-0.4, -0.2) is 39.9 Å². The van der Waals surface area contributed by atoms with E-state index < -0.39 is 10.0 Å². The Morgan fingerprint density at radius 3 is 2.58 bits per heavy atom. The smallest absolute Gasteiger partial charge is 0.315 e. The molecule has 1 aromatic carbocycles. The van der Waals surface area contributed by atoms with Gasteiger partial charge in [0.05, 0.1) is 12.8 Å². The molecule has 0 saturated heterocycles. The van der Waals surface area contributed by atoms with Gasteiger partial charge < -0.3 is 15.4 Å². The first-order valence-electron chi connectivity index (χ1n) is 9.07. The molecule has 3 N–H and O–H groups in total. The van der Waals surface area contributed by atoms with Gasteiger partial charge in [0.1, 0.15) is 12.4 Å². The zero-order valence-electron chi connectivity index (χ0n) is 15.5. The Morgan fingerprint density at radius 2 is 1.88 bits per heavy atom. The van der Waals surface area contributed by atoms with Crippen molar-refractivity contribution in [2.24, 2.45) is 5.92 Å². The van der Waals surface area contributed by atoms with Crippen LogP contribution in [0.2, 0.25) is 0 Å². The van der Waals surface area contributed by atoms with Crippen molar-refractivity contribution in [2.75, 3.05) is 24.1 Å². The number of hydrogen-bond acceptors (Lipinski definition) is 4. The van der Waals surface area contributed by atoms with Crippen LogP contribution in [0.4, 0.5) is 10.5 Å². The van der Waals surface area contributed by atoms with Crippen molar-refractivity contribution in [3.63, 3.8) is 0 Å². The molecule has 2 rings (SSSR count). The summed E-state index contributed by atoms with van der Waals surface area (Å²) in [5, 5.41) is 5.84. The summed E-state index contributed by atoms with van der Waals surface area (Å²) in [6.07, 6.45) is 6.76. The fraction of sp³-hybridized carbons (Fsp3) is 0.611. The van der Waals surface area contributed by atoms with Crippen LogP contribution >= 0.6 is 0 Å². The number of rotatable bonds is 7. The molecule has 146 valence electrons. The summed E-state index contributed by atoms with van der Waals surface area (Å²) in [6, 6.07) is 6.73. The van der Waals surface area contributed by atoms with Crippen molar-refractivity contribution in [3.05, 3.63) is 24.3 Å². The lowest BCUT2D eigenvalue weighted by atomic mass is 10.0. The number of anilines is 1. The minimum Gasteiger partial charge on any atom is -0.492 e. The largest absolute Gasteiger partial charge is 0.492 e. The number of hydrogen-bond donors (Lipinski definition) is 3. The minimum absolute atomic E-state index is 0.152. The van der Waals surface area contributed by atoms with E-state index in [9.17, 15) is 13.2 Å². The van der Waals surface area contributed by atoms with Gasteiger partial charge in [0.15, 0.2) is 0 Å². The Labute approximate surface area is 155 Å². The third-order valence-electron chi connectivity index (χ3n) is 4.41. The molecule has 0 spiro atoms. The topological polar surface area (TPSA) is 96.5 Å². The van der Waals surface area contributed by atoms with Gasteiger partial charge in [-0.25, -0.2) is 13.2 Å². The van der Waals surface area contributed by atoms with Gasteiger partial charge in [0, 0.05) is 11.7 Å². The highest BCUT2D eigenvalue weighted by Crippen LogP contribution is 2.22. The second kappa shape index (κ2) is 9.66. The second-order valence-electron chi connectivity index (χ2n) is 6.96. The Kier molecular flexibility index (Phi) is 7.56. The number of sulfonamides is 1. The summed E-state index contributed by atoms with van der Waals surface area (Å²) in [6.45, 7) is 3.01. The average Bonchev–Trinajstić information content (AvgIpc) is 2.76. The molecule has 0 bridgehead atoms. The summed E-state index contributed by atoms with van der Waals surface area (Å²) < 4.78 is 30.2. The third kappa shape index (κ3) is 7.95. The van der Waals surface area contributed by atoms with E-state index in [4.69, 9.17) is 4.74 Å². The van der Waals surface area contributed by atoms with Gasteiger partial charge in [0.25, 0.3) is 0 Å². The Balaban J connectivity index is 1.64. The van der Waals surface area contributed by atoms with Gasteiger partial charge in [-0.15, -0.1) is 0 Å². The van der Waals surface area contributed by atoms with E-state index in [-0.39, 0.29) is 12.1 Å². The molecule has 2 atom stereocenters. The Hall–Kier alpha value is -1.96. The summed E-state index contributed by atoms with van der Waals surface area (Å²) in [5.74, 6) is 1.36. The van der Waals surface area contributed by atoms with E-state index in [1.54, 1.807) is 24.3 Å². The molecule has 1 aromatic rings. The quantitative estimate of drug-likeness (QED) is 0.498. The predicted octanol–water partition coefficient (Wildman–Crippen LogP) is 2.70. The first kappa shape index (κ1) is 20.4. The summed E-state index contributed by atoms with van der Waals surface area (Å²) in [4.78, 5) is 12.0. The monoisotopic (exact) mass is 383 g/mol. The number of ether oxygens (including phenoxy) is 1. The molecule has 1 saturated carbocycles. The zero-order valence-corrected chi connectivity index (χ0v) is 16.3. The maximum Gasteiger partial charge on any atom is 0.315 e. The van der Waals surface area contributed by atoms with E-state index in [1.165, 1.54) is 12.8 Å². The molecule has 2 unspecified atom stereocenters. The fourth-order valence-electron chi connectivity index (χ4n) is 3.03. The van der Waals surface area contributed by atoms with Crippen LogP contribution in [0, 0.1) is 5.92 Å². The normalized spacial score (nSPS) is 20.7. The maximum atomic E-state index is 12.0. The number of benzene rings is 1. The van der Waals surface area contributed by atoms with E-state index >= 15 is 0 Å². The first-order chi connectivity index (χ1) is 12.3. The highest BCUT2D eigenvalue weighted by molar-refractivity contribution is 7.92. The predicted molar refractivity (Wildman–Crippen MR) is 103 cm³/mol. The van der Waals surface area contributed by atoms with Crippen molar-refractivity contribution in [2.45, 2.75) is 45.1 Å². The lowest BCUT2D eigenvalue weighted by Gasteiger charge is -2.17. The molecule has 7 nitrogen and oxygen atoms in total. The highest BCUT2D eigenvalue weighted by Gasteiger charge is 2.17. The fourth-order valence-corrected chi connectivity index (χ4v) is 3.60. The van der Waals surface area contributed by atoms with E-state index in [2.05, 4.69) is 22.3 Å². The van der Waals surface area contributed by atoms with Gasteiger partial charge in [0.2, 0.25) is 10.0 Å². The number of urea groups is 1. The summed E-state index contributed by atoms with van der Waals surface area (Å²) >= 11 is 0. The van der Waals surface area contributed by atoms with E-state index in [1.807, 2.05) is 0 Å². The molecule has 8 heteroatoms. The number of nitrogens with one attached hydrogen (secondary N) is 3. The highest BCUT2D eigenvalue weighted by atomic mass is 32.2.